The van der Waals surface area contributed by atoms with E-state index in [0.29, 0.717) is 11.5 Å². The van der Waals surface area contributed by atoms with Crippen LogP contribution in [0.5, 0.6) is 11.5 Å². The molecular weight excluding hydrogens is 219 g/mol. The third kappa shape index (κ3) is 2.27. The van der Waals surface area contributed by atoms with Gasteiger partial charge in [0.15, 0.2) is 0 Å². The van der Waals surface area contributed by atoms with Crippen LogP contribution in [-0.2, 0) is 0 Å². The monoisotopic (exact) mass is 233 g/mol. The lowest BCUT2D eigenvalue weighted by molar-refractivity contribution is 0.451. The molecule has 0 fully saturated rings. The van der Waals surface area contributed by atoms with Crippen LogP contribution in [0.25, 0.3) is 0 Å². The van der Waals surface area contributed by atoms with E-state index in [1.807, 2.05) is 27.7 Å². The van der Waals surface area contributed by atoms with Crippen molar-refractivity contribution in [2.24, 2.45) is 0 Å². The second kappa shape index (κ2) is 4.53. The number of nitrogens with zero attached hydrogens (tertiary/aromatic N) is 2. The SMILES string of the molecule is Cc1n[nH]c(C)c1O[B]Oc1c(C)n[nH]c1C. The molecule has 6 nitrogen and oxygen atoms in total. The van der Waals surface area contributed by atoms with Gasteiger partial charge in [-0.3, -0.25) is 10.2 Å². The van der Waals surface area contributed by atoms with E-state index in [9.17, 15) is 0 Å². The molecular formula is C10H14BN4O2. The summed E-state index contributed by atoms with van der Waals surface area (Å²) in [5, 5.41) is 13.7. The van der Waals surface area contributed by atoms with Gasteiger partial charge in [0.1, 0.15) is 11.5 Å². The number of hydrogen-bond acceptors (Lipinski definition) is 4. The standard InChI is InChI=1S/C10H14BN4O2/c1-5-9(6(2)13-12-5)16-11-17-10-7(3)14-15-8(10)4/h1-4H3,(H,12,13)(H,14,15). The summed E-state index contributed by atoms with van der Waals surface area (Å²) in [6.45, 7) is 7.50. The van der Waals surface area contributed by atoms with Crippen molar-refractivity contribution in [3.05, 3.63) is 22.8 Å². The van der Waals surface area contributed by atoms with Crippen LogP contribution in [0.2, 0.25) is 0 Å². The third-order valence-corrected chi connectivity index (χ3v) is 2.45. The highest BCUT2D eigenvalue weighted by Crippen LogP contribution is 2.21. The Kier molecular flexibility index (Phi) is 3.08. The first-order valence-electron chi connectivity index (χ1n) is 5.27. The maximum atomic E-state index is 5.41. The van der Waals surface area contributed by atoms with Crippen molar-refractivity contribution in [1.82, 2.24) is 20.4 Å². The van der Waals surface area contributed by atoms with Gasteiger partial charge in [-0.2, -0.15) is 10.2 Å². The van der Waals surface area contributed by atoms with Gasteiger partial charge < -0.3 is 9.31 Å². The van der Waals surface area contributed by atoms with E-state index in [1.54, 1.807) is 0 Å². The maximum absolute atomic E-state index is 5.41. The molecule has 0 atom stereocenters. The maximum Gasteiger partial charge on any atom is 0.658 e. The molecule has 0 aromatic carbocycles. The van der Waals surface area contributed by atoms with Crippen molar-refractivity contribution in [3.8, 4) is 11.5 Å². The Balaban J connectivity index is 1.97. The van der Waals surface area contributed by atoms with E-state index in [2.05, 4.69) is 20.4 Å². The largest absolute Gasteiger partial charge is 0.658 e. The van der Waals surface area contributed by atoms with Gasteiger partial charge in [0.2, 0.25) is 0 Å². The van der Waals surface area contributed by atoms with Crippen molar-refractivity contribution in [2.45, 2.75) is 27.7 Å². The van der Waals surface area contributed by atoms with Gasteiger partial charge in [-0.15, -0.1) is 0 Å². The van der Waals surface area contributed by atoms with E-state index in [0.717, 1.165) is 22.8 Å². The number of aromatic nitrogens is 4. The predicted molar refractivity (Wildman–Crippen MR) is 63.1 cm³/mol. The van der Waals surface area contributed by atoms with Crippen molar-refractivity contribution < 1.29 is 9.31 Å². The first-order valence-corrected chi connectivity index (χ1v) is 5.27. The van der Waals surface area contributed by atoms with Crippen LogP contribution in [-0.4, -0.2) is 28.1 Å². The smallest absolute Gasteiger partial charge is 0.524 e. The minimum absolute atomic E-state index is 0.684. The van der Waals surface area contributed by atoms with Crippen LogP contribution < -0.4 is 9.31 Å². The Hall–Kier alpha value is -1.92. The number of H-pyrrole nitrogens is 2. The van der Waals surface area contributed by atoms with Crippen LogP contribution >= 0.6 is 0 Å². The average Bonchev–Trinajstić information content (AvgIpc) is 2.77. The summed E-state index contributed by atoms with van der Waals surface area (Å²) in [7, 11) is 1.29. The number of aryl methyl sites for hydroxylation is 4. The Morgan fingerprint density at radius 3 is 1.53 bits per heavy atom. The summed E-state index contributed by atoms with van der Waals surface area (Å²) in [6, 6.07) is 0. The Morgan fingerprint density at radius 2 is 1.24 bits per heavy atom. The fraction of sp³-hybridized carbons (Fsp3) is 0.400. The molecule has 89 valence electrons. The molecule has 2 aromatic heterocycles. The number of nitrogens with one attached hydrogen (secondary N) is 2. The molecule has 0 saturated carbocycles. The summed E-state index contributed by atoms with van der Waals surface area (Å²) < 4.78 is 10.8. The average molecular weight is 233 g/mol. The molecule has 0 bridgehead atoms. The molecule has 7 heteroatoms. The molecule has 2 heterocycles. The molecule has 2 rings (SSSR count). The van der Waals surface area contributed by atoms with Crippen molar-refractivity contribution in [1.29, 1.82) is 0 Å². The van der Waals surface area contributed by atoms with Gasteiger partial charge in [0, 0.05) is 0 Å². The summed E-state index contributed by atoms with van der Waals surface area (Å²) in [6.07, 6.45) is 0. The lowest BCUT2D eigenvalue weighted by Crippen LogP contribution is -2.12. The number of hydrogen-bond donors (Lipinski definition) is 2. The molecule has 0 saturated heterocycles. The number of rotatable bonds is 4. The zero-order chi connectivity index (χ0) is 12.4. The summed E-state index contributed by atoms with van der Waals surface area (Å²) in [4.78, 5) is 0. The molecule has 0 aliphatic carbocycles. The fourth-order valence-corrected chi connectivity index (χ4v) is 1.55. The highest BCUT2D eigenvalue weighted by molar-refractivity contribution is 6.21. The topological polar surface area (TPSA) is 75.8 Å². The van der Waals surface area contributed by atoms with Gasteiger partial charge in [-0.05, 0) is 27.7 Å². The zero-order valence-corrected chi connectivity index (χ0v) is 10.3. The van der Waals surface area contributed by atoms with Gasteiger partial charge in [-0.25, -0.2) is 0 Å². The summed E-state index contributed by atoms with van der Waals surface area (Å²) in [5.74, 6) is 1.37. The second-order valence-corrected chi connectivity index (χ2v) is 3.86. The molecule has 0 aliphatic rings. The molecule has 0 spiro atoms. The molecule has 0 amide bonds. The molecule has 2 N–H and O–H groups in total. The van der Waals surface area contributed by atoms with E-state index < -0.39 is 0 Å². The lowest BCUT2D eigenvalue weighted by Gasteiger charge is -2.06. The summed E-state index contributed by atoms with van der Waals surface area (Å²) >= 11 is 0. The van der Waals surface area contributed by atoms with Crippen LogP contribution in [0.1, 0.15) is 22.8 Å². The molecule has 2 aromatic rings. The Morgan fingerprint density at radius 1 is 0.824 bits per heavy atom. The van der Waals surface area contributed by atoms with Crippen molar-refractivity contribution >= 4 is 7.69 Å². The van der Waals surface area contributed by atoms with E-state index in [1.165, 1.54) is 7.69 Å². The first-order chi connectivity index (χ1) is 8.09. The van der Waals surface area contributed by atoms with Gasteiger partial charge in [0.05, 0.1) is 22.8 Å². The Bertz CT molecular complexity index is 435. The van der Waals surface area contributed by atoms with Gasteiger partial charge in [-0.1, -0.05) is 0 Å². The van der Waals surface area contributed by atoms with E-state index >= 15 is 0 Å². The van der Waals surface area contributed by atoms with Crippen LogP contribution in [0.3, 0.4) is 0 Å². The summed E-state index contributed by atoms with van der Waals surface area (Å²) in [5.41, 5.74) is 3.32. The van der Waals surface area contributed by atoms with Crippen molar-refractivity contribution in [2.75, 3.05) is 0 Å². The minimum Gasteiger partial charge on any atom is -0.524 e. The first kappa shape index (κ1) is 11.6. The second-order valence-electron chi connectivity index (χ2n) is 3.86. The van der Waals surface area contributed by atoms with E-state index in [-0.39, 0.29) is 0 Å². The molecule has 1 radical (unpaired) electrons. The molecule has 0 aliphatic heterocycles. The minimum atomic E-state index is 0.684. The van der Waals surface area contributed by atoms with E-state index in [4.69, 9.17) is 9.31 Å². The quantitative estimate of drug-likeness (QED) is 0.781. The van der Waals surface area contributed by atoms with Gasteiger partial charge in [0.25, 0.3) is 0 Å². The normalized spacial score (nSPS) is 10.4. The van der Waals surface area contributed by atoms with Crippen LogP contribution in [0, 0.1) is 27.7 Å². The third-order valence-electron chi connectivity index (χ3n) is 2.45. The molecule has 0 unspecified atom stereocenters. The predicted octanol–water partition coefficient (Wildman–Crippen LogP) is 1.36. The van der Waals surface area contributed by atoms with Crippen LogP contribution in [0.4, 0.5) is 0 Å². The Labute approximate surface area is 100 Å². The zero-order valence-electron chi connectivity index (χ0n) is 10.3. The van der Waals surface area contributed by atoms with Gasteiger partial charge >= 0.3 is 7.69 Å². The van der Waals surface area contributed by atoms with Crippen LogP contribution in [0.15, 0.2) is 0 Å². The highest BCUT2D eigenvalue weighted by atomic mass is 16.6. The highest BCUT2D eigenvalue weighted by Gasteiger charge is 2.13. The fourth-order valence-electron chi connectivity index (χ4n) is 1.55. The lowest BCUT2D eigenvalue weighted by atomic mass is 10.3. The van der Waals surface area contributed by atoms with Crippen molar-refractivity contribution in [3.63, 3.8) is 0 Å². The number of aromatic amines is 2. The molecule has 17 heavy (non-hydrogen) atoms.